The highest BCUT2D eigenvalue weighted by molar-refractivity contribution is 5.87. The Morgan fingerprint density at radius 3 is 2.43 bits per heavy atom. The van der Waals surface area contributed by atoms with Crippen molar-refractivity contribution >= 4 is 12.0 Å². The summed E-state index contributed by atoms with van der Waals surface area (Å²) in [4.78, 5) is 24.5. The molecule has 0 bridgehead atoms. The predicted molar refractivity (Wildman–Crippen MR) is 77.2 cm³/mol. The lowest BCUT2D eigenvalue weighted by Gasteiger charge is -2.31. The average molecular weight is 292 g/mol. The second kappa shape index (κ2) is 7.08. The molecular formula is C15H20N2O4. The summed E-state index contributed by atoms with van der Waals surface area (Å²) in [5.41, 5.74) is 1.12. The Balaban J connectivity index is 1.80. The van der Waals surface area contributed by atoms with Crippen molar-refractivity contribution < 1.29 is 19.4 Å². The summed E-state index contributed by atoms with van der Waals surface area (Å²) < 4.78 is 5.27. The molecule has 0 atom stereocenters. The van der Waals surface area contributed by atoms with Gasteiger partial charge in [0, 0.05) is 26.7 Å². The summed E-state index contributed by atoms with van der Waals surface area (Å²) in [6.07, 6.45) is 1.96. The standard InChI is InChI=1S/C15H20N2O4/c1-21-13-6-8-17(9-7-13)15(20)16-10-11-2-4-12(5-3-11)14(18)19/h2-5,13H,6-10H2,1H3,(H,16,20)(H,18,19). The van der Waals surface area contributed by atoms with Crippen LogP contribution in [0.2, 0.25) is 0 Å². The number of nitrogens with one attached hydrogen (secondary N) is 1. The molecule has 0 unspecified atom stereocenters. The number of rotatable bonds is 4. The minimum Gasteiger partial charge on any atom is -0.478 e. The summed E-state index contributed by atoms with van der Waals surface area (Å²) in [5, 5.41) is 11.7. The van der Waals surface area contributed by atoms with Gasteiger partial charge >= 0.3 is 12.0 Å². The SMILES string of the molecule is COC1CCN(C(=O)NCc2ccc(C(=O)O)cc2)CC1. The Morgan fingerprint density at radius 1 is 1.29 bits per heavy atom. The molecule has 0 aromatic heterocycles. The molecule has 2 amide bonds. The summed E-state index contributed by atoms with van der Waals surface area (Å²) >= 11 is 0. The molecule has 1 aliphatic heterocycles. The molecule has 0 saturated carbocycles. The summed E-state index contributed by atoms with van der Waals surface area (Å²) in [6, 6.07) is 6.40. The van der Waals surface area contributed by atoms with Gasteiger partial charge in [0.2, 0.25) is 0 Å². The first-order valence-electron chi connectivity index (χ1n) is 6.98. The van der Waals surface area contributed by atoms with Gasteiger partial charge in [0.15, 0.2) is 0 Å². The molecule has 1 aromatic carbocycles. The van der Waals surface area contributed by atoms with Crippen LogP contribution in [0.3, 0.4) is 0 Å². The minimum atomic E-state index is -0.952. The molecule has 1 aliphatic rings. The molecule has 1 heterocycles. The molecule has 0 radical (unpaired) electrons. The number of likely N-dealkylation sites (tertiary alicyclic amines) is 1. The number of carbonyl (C=O) groups is 2. The van der Waals surface area contributed by atoms with Crippen LogP contribution in [0.4, 0.5) is 4.79 Å². The Labute approximate surface area is 123 Å². The molecule has 1 saturated heterocycles. The molecular weight excluding hydrogens is 272 g/mol. The van der Waals surface area contributed by atoms with E-state index in [9.17, 15) is 9.59 Å². The van der Waals surface area contributed by atoms with E-state index in [-0.39, 0.29) is 17.7 Å². The zero-order chi connectivity index (χ0) is 15.2. The molecule has 0 aliphatic carbocycles. The summed E-state index contributed by atoms with van der Waals surface area (Å²) in [7, 11) is 1.70. The molecule has 6 heteroatoms. The van der Waals surface area contributed by atoms with Gasteiger partial charge < -0.3 is 20.1 Å². The van der Waals surface area contributed by atoms with Gasteiger partial charge in [0.05, 0.1) is 11.7 Å². The number of hydrogen-bond acceptors (Lipinski definition) is 3. The quantitative estimate of drug-likeness (QED) is 0.885. The lowest BCUT2D eigenvalue weighted by molar-refractivity contribution is 0.0503. The Morgan fingerprint density at radius 2 is 1.90 bits per heavy atom. The van der Waals surface area contributed by atoms with Gasteiger partial charge in [-0.15, -0.1) is 0 Å². The fourth-order valence-electron chi connectivity index (χ4n) is 2.35. The van der Waals surface area contributed by atoms with Gasteiger partial charge in [-0.05, 0) is 30.5 Å². The third-order valence-corrected chi connectivity index (χ3v) is 3.71. The van der Waals surface area contributed by atoms with Crippen molar-refractivity contribution in [3.8, 4) is 0 Å². The third kappa shape index (κ3) is 4.19. The van der Waals surface area contributed by atoms with E-state index in [0.717, 1.165) is 18.4 Å². The summed E-state index contributed by atoms with van der Waals surface area (Å²) in [6.45, 7) is 1.79. The fraction of sp³-hybridized carbons (Fsp3) is 0.467. The number of benzene rings is 1. The molecule has 2 rings (SSSR count). The maximum atomic E-state index is 12.0. The number of nitrogens with zero attached hydrogens (tertiary/aromatic N) is 1. The van der Waals surface area contributed by atoms with Crippen molar-refractivity contribution in [2.75, 3.05) is 20.2 Å². The highest BCUT2D eigenvalue weighted by Crippen LogP contribution is 2.13. The smallest absolute Gasteiger partial charge is 0.335 e. The van der Waals surface area contributed by atoms with Gasteiger partial charge in [-0.2, -0.15) is 0 Å². The first-order valence-corrected chi connectivity index (χ1v) is 6.98. The van der Waals surface area contributed by atoms with Crippen molar-refractivity contribution in [2.45, 2.75) is 25.5 Å². The lowest BCUT2D eigenvalue weighted by atomic mass is 10.1. The van der Waals surface area contributed by atoms with Crippen LogP contribution in [0.15, 0.2) is 24.3 Å². The molecule has 6 nitrogen and oxygen atoms in total. The fourth-order valence-corrected chi connectivity index (χ4v) is 2.35. The number of carboxylic acids is 1. The Bertz CT molecular complexity index is 493. The van der Waals surface area contributed by atoms with Gasteiger partial charge in [0.25, 0.3) is 0 Å². The monoisotopic (exact) mass is 292 g/mol. The maximum absolute atomic E-state index is 12.0. The number of aromatic carboxylic acids is 1. The second-order valence-corrected chi connectivity index (χ2v) is 5.08. The number of amides is 2. The zero-order valence-corrected chi connectivity index (χ0v) is 12.0. The molecule has 1 aromatic rings. The Kier molecular flexibility index (Phi) is 5.16. The van der Waals surface area contributed by atoms with Crippen LogP contribution in [0.1, 0.15) is 28.8 Å². The zero-order valence-electron chi connectivity index (χ0n) is 12.0. The van der Waals surface area contributed by atoms with E-state index in [1.807, 2.05) is 0 Å². The van der Waals surface area contributed by atoms with Crippen LogP contribution in [0.25, 0.3) is 0 Å². The van der Waals surface area contributed by atoms with Crippen molar-refractivity contribution in [3.63, 3.8) is 0 Å². The first-order chi connectivity index (χ1) is 10.1. The van der Waals surface area contributed by atoms with E-state index in [2.05, 4.69) is 5.32 Å². The number of hydrogen-bond donors (Lipinski definition) is 2. The van der Waals surface area contributed by atoms with Gasteiger partial charge in [-0.25, -0.2) is 9.59 Å². The molecule has 0 spiro atoms. The van der Waals surface area contributed by atoms with E-state index >= 15 is 0 Å². The van der Waals surface area contributed by atoms with E-state index < -0.39 is 5.97 Å². The lowest BCUT2D eigenvalue weighted by Crippen LogP contribution is -2.45. The molecule has 21 heavy (non-hydrogen) atoms. The van der Waals surface area contributed by atoms with Crippen molar-refractivity contribution in [3.05, 3.63) is 35.4 Å². The normalized spacial score (nSPS) is 15.8. The van der Waals surface area contributed by atoms with Crippen LogP contribution < -0.4 is 5.32 Å². The molecule has 1 fully saturated rings. The van der Waals surface area contributed by atoms with E-state index in [0.29, 0.717) is 19.6 Å². The number of carboxylic acid groups (broad SMARTS) is 1. The molecule has 114 valence electrons. The number of ether oxygens (including phenoxy) is 1. The van der Waals surface area contributed by atoms with Crippen molar-refractivity contribution in [1.82, 2.24) is 10.2 Å². The highest BCUT2D eigenvalue weighted by atomic mass is 16.5. The summed E-state index contributed by atoms with van der Waals surface area (Å²) in [5.74, 6) is -0.952. The minimum absolute atomic E-state index is 0.0909. The van der Waals surface area contributed by atoms with Crippen LogP contribution in [-0.2, 0) is 11.3 Å². The van der Waals surface area contributed by atoms with Crippen molar-refractivity contribution in [2.24, 2.45) is 0 Å². The van der Waals surface area contributed by atoms with Gasteiger partial charge in [-0.1, -0.05) is 12.1 Å². The third-order valence-electron chi connectivity index (χ3n) is 3.71. The predicted octanol–water partition coefficient (Wildman–Crippen LogP) is 1.71. The number of carbonyl (C=O) groups excluding carboxylic acids is 1. The maximum Gasteiger partial charge on any atom is 0.335 e. The topological polar surface area (TPSA) is 78.9 Å². The average Bonchev–Trinajstić information content (AvgIpc) is 2.53. The van der Waals surface area contributed by atoms with Gasteiger partial charge in [-0.3, -0.25) is 0 Å². The number of piperidine rings is 1. The van der Waals surface area contributed by atoms with Crippen LogP contribution in [0.5, 0.6) is 0 Å². The largest absolute Gasteiger partial charge is 0.478 e. The van der Waals surface area contributed by atoms with Crippen LogP contribution in [-0.4, -0.2) is 48.3 Å². The number of methoxy groups -OCH3 is 1. The second-order valence-electron chi connectivity index (χ2n) is 5.08. The number of urea groups is 1. The van der Waals surface area contributed by atoms with E-state index in [1.165, 1.54) is 12.1 Å². The first kappa shape index (κ1) is 15.3. The van der Waals surface area contributed by atoms with E-state index in [4.69, 9.17) is 9.84 Å². The van der Waals surface area contributed by atoms with Crippen LogP contribution in [0, 0.1) is 0 Å². The highest BCUT2D eigenvalue weighted by Gasteiger charge is 2.22. The van der Waals surface area contributed by atoms with Crippen molar-refractivity contribution in [1.29, 1.82) is 0 Å². The Hall–Kier alpha value is -2.08. The molecule has 2 N–H and O–H groups in total. The van der Waals surface area contributed by atoms with Gasteiger partial charge in [0.1, 0.15) is 0 Å². The van der Waals surface area contributed by atoms with E-state index in [1.54, 1.807) is 24.1 Å². The van der Waals surface area contributed by atoms with Crippen LogP contribution >= 0.6 is 0 Å².